The van der Waals surface area contributed by atoms with Gasteiger partial charge >= 0.3 is 5.97 Å². The SMILES string of the molecule is COC(=O)Cc1cc(CCl)c(C)cc1C. The topological polar surface area (TPSA) is 26.3 Å². The molecule has 82 valence electrons. The van der Waals surface area contributed by atoms with Crippen molar-refractivity contribution in [2.75, 3.05) is 7.11 Å². The highest BCUT2D eigenvalue weighted by Gasteiger charge is 2.08. The van der Waals surface area contributed by atoms with E-state index in [-0.39, 0.29) is 5.97 Å². The molecule has 0 fully saturated rings. The lowest BCUT2D eigenvalue weighted by molar-refractivity contribution is -0.139. The molecular weight excluding hydrogens is 212 g/mol. The van der Waals surface area contributed by atoms with Gasteiger partial charge in [-0.25, -0.2) is 0 Å². The number of rotatable bonds is 3. The Bertz CT molecular complexity index is 372. The molecule has 0 aliphatic rings. The molecule has 0 aliphatic heterocycles. The van der Waals surface area contributed by atoms with Gasteiger partial charge in [-0.1, -0.05) is 12.1 Å². The van der Waals surface area contributed by atoms with Crippen molar-refractivity contribution in [2.45, 2.75) is 26.1 Å². The van der Waals surface area contributed by atoms with Crippen molar-refractivity contribution in [2.24, 2.45) is 0 Å². The molecule has 0 atom stereocenters. The van der Waals surface area contributed by atoms with Crippen molar-refractivity contribution in [3.8, 4) is 0 Å². The average molecular weight is 227 g/mol. The second kappa shape index (κ2) is 5.17. The van der Waals surface area contributed by atoms with Crippen LogP contribution in [0.15, 0.2) is 12.1 Å². The van der Waals surface area contributed by atoms with Crippen LogP contribution >= 0.6 is 11.6 Å². The van der Waals surface area contributed by atoms with Gasteiger partial charge in [-0.2, -0.15) is 0 Å². The minimum Gasteiger partial charge on any atom is -0.469 e. The molecule has 0 saturated carbocycles. The second-order valence-corrected chi connectivity index (χ2v) is 3.86. The Hall–Kier alpha value is -1.02. The van der Waals surface area contributed by atoms with Gasteiger partial charge in [0.1, 0.15) is 0 Å². The lowest BCUT2D eigenvalue weighted by atomic mass is 9.99. The largest absolute Gasteiger partial charge is 0.469 e. The van der Waals surface area contributed by atoms with E-state index in [9.17, 15) is 4.79 Å². The Morgan fingerprint density at radius 1 is 1.27 bits per heavy atom. The predicted octanol–water partition coefficient (Wildman–Crippen LogP) is 2.76. The maximum absolute atomic E-state index is 11.2. The number of alkyl halides is 1. The smallest absolute Gasteiger partial charge is 0.309 e. The first-order valence-electron chi connectivity index (χ1n) is 4.80. The van der Waals surface area contributed by atoms with E-state index in [1.807, 2.05) is 19.9 Å². The van der Waals surface area contributed by atoms with E-state index < -0.39 is 0 Å². The van der Waals surface area contributed by atoms with Crippen LogP contribution in [0.2, 0.25) is 0 Å². The zero-order valence-corrected chi connectivity index (χ0v) is 10.0. The molecule has 0 N–H and O–H groups in total. The molecule has 0 radical (unpaired) electrons. The summed E-state index contributed by atoms with van der Waals surface area (Å²) in [4.78, 5) is 11.2. The molecular formula is C12H15ClO2. The highest BCUT2D eigenvalue weighted by Crippen LogP contribution is 2.18. The van der Waals surface area contributed by atoms with Crippen LogP contribution in [0.1, 0.15) is 22.3 Å². The van der Waals surface area contributed by atoms with E-state index >= 15 is 0 Å². The summed E-state index contributed by atoms with van der Waals surface area (Å²) in [7, 11) is 1.40. The van der Waals surface area contributed by atoms with E-state index in [0.717, 1.165) is 22.3 Å². The molecule has 0 aromatic heterocycles. The number of ether oxygens (including phenoxy) is 1. The fourth-order valence-corrected chi connectivity index (χ4v) is 1.80. The van der Waals surface area contributed by atoms with Crippen molar-refractivity contribution in [1.29, 1.82) is 0 Å². The molecule has 1 aromatic carbocycles. The van der Waals surface area contributed by atoms with Gasteiger partial charge in [-0.05, 0) is 36.1 Å². The molecule has 3 heteroatoms. The molecule has 0 spiro atoms. The van der Waals surface area contributed by atoms with Gasteiger partial charge in [0.25, 0.3) is 0 Å². The van der Waals surface area contributed by atoms with Crippen LogP contribution < -0.4 is 0 Å². The number of carbonyl (C=O) groups is 1. The second-order valence-electron chi connectivity index (χ2n) is 3.59. The molecule has 0 saturated heterocycles. The van der Waals surface area contributed by atoms with Crippen molar-refractivity contribution in [3.63, 3.8) is 0 Å². The highest BCUT2D eigenvalue weighted by atomic mass is 35.5. The summed E-state index contributed by atoms with van der Waals surface area (Å²) in [5, 5.41) is 0. The van der Waals surface area contributed by atoms with Gasteiger partial charge in [0.15, 0.2) is 0 Å². The van der Waals surface area contributed by atoms with E-state index in [4.69, 9.17) is 11.6 Å². The summed E-state index contributed by atoms with van der Waals surface area (Å²) in [5.74, 6) is 0.253. The average Bonchev–Trinajstić information content (AvgIpc) is 2.21. The predicted molar refractivity (Wildman–Crippen MR) is 61.2 cm³/mol. The first-order chi connectivity index (χ1) is 7.08. The molecule has 2 nitrogen and oxygen atoms in total. The summed E-state index contributed by atoms with van der Waals surface area (Å²) in [5.41, 5.74) is 4.33. The minimum absolute atomic E-state index is 0.220. The van der Waals surface area contributed by atoms with Crippen molar-refractivity contribution >= 4 is 17.6 Å². The van der Waals surface area contributed by atoms with Crippen molar-refractivity contribution in [3.05, 3.63) is 34.4 Å². The number of benzene rings is 1. The van der Waals surface area contributed by atoms with Crippen LogP contribution in [0.5, 0.6) is 0 Å². The fourth-order valence-electron chi connectivity index (χ4n) is 1.51. The summed E-state index contributed by atoms with van der Waals surface area (Å²) >= 11 is 5.81. The number of hydrogen-bond donors (Lipinski definition) is 0. The van der Waals surface area contributed by atoms with Gasteiger partial charge in [0.05, 0.1) is 13.5 Å². The Balaban J connectivity index is 3.02. The zero-order chi connectivity index (χ0) is 11.4. The third-order valence-corrected chi connectivity index (χ3v) is 2.79. The molecule has 0 amide bonds. The monoisotopic (exact) mass is 226 g/mol. The van der Waals surface area contributed by atoms with Crippen LogP contribution in [0.3, 0.4) is 0 Å². The van der Waals surface area contributed by atoms with Gasteiger partial charge in [-0.15, -0.1) is 11.6 Å². The molecule has 0 heterocycles. The molecule has 1 aromatic rings. The first-order valence-corrected chi connectivity index (χ1v) is 5.33. The van der Waals surface area contributed by atoms with Gasteiger partial charge in [0.2, 0.25) is 0 Å². The standard InChI is InChI=1S/C12H15ClO2/c1-8-4-9(2)11(7-13)5-10(8)6-12(14)15-3/h4-5H,6-7H2,1-3H3. The molecule has 1 rings (SSSR count). The first kappa shape index (κ1) is 12.1. The maximum Gasteiger partial charge on any atom is 0.309 e. The number of hydrogen-bond acceptors (Lipinski definition) is 2. The maximum atomic E-state index is 11.2. The van der Waals surface area contributed by atoms with Crippen LogP contribution in [-0.2, 0) is 21.8 Å². The fraction of sp³-hybridized carbons (Fsp3) is 0.417. The summed E-state index contributed by atoms with van der Waals surface area (Å²) in [6.07, 6.45) is 0.312. The van der Waals surface area contributed by atoms with E-state index in [1.165, 1.54) is 7.11 Å². The van der Waals surface area contributed by atoms with Crippen LogP contribution in [0.4, 0.5) is 0 Å². The van der Waals surface area contributed by atoms with E-state index in [1.54, 1.807) is 0 Å². The quantitative estimate of drug-likeness (QED) is 0.585. The van der Waals surface area contributed by atoms with Crippen molar-refractivity contribution < 1.29 is 9.53 Å². The molecule has 0 aliphatic carbocycles. The van der Waals surface area contributed by atoms with E-state index in [0.29, 0.717) is 12.3 Å². The van der Waals surface area contributed by atoms with E-state index in [2.05, 4.69) is 10.8 Å². The lowest BCUT2D eigenvalue weighted by Gasteiger charge is -2.09. The molecule has 0 unspecified atom stereocenters. The van der Waals surface area contributed by atoms with Crippen LogP contribution in [-0.4, -0.2) is 13.1 Å². The summed E-state index contributed by atoms with van der Waals surface area (Å²) < 4.78 is 4.64. The Morgan fingerprint density at radius 2 is 1.87 bits per heavy atom. The summed E-state index contributed by atoms with van der Waals surface area (Å²) in [6, 6.07) is 4.03. The molecule has 0 bridgehead atoms. The number of halogens is 1. The van der Waals surface area contributed by atoms with Gasteiger partial charge in [-0.3, -0.25) is 4.79 Å². The Morgan fingerprint density at radius 3 is 2.40 bits per heavy atom. The summed E-state index contributed by atoms with van der Waals surface area (Å²) in [6.45, 7) is 4.01. The minimum atomic E-state index is -0.220. The van der Waals surface area contributed by atoms with Gasteiger partial charge < -0.3 is 4.74 Å². The number of aryl methyl sites for hydroxylation is 2. The third kappa shape index (κ3) is 2.96. The van der Waals surface area contributed by atoms with Crippen LogP contribution in [0.25, 0.3) is 0 Å². The number of carbonyl (C=O) groups excluding carboxylic acids is 1. The lowest BCUT2D eigenvalue weighted by Crippen LogP contribution is -2.06. The highest BCUT2D eigenvalue weighted by molar-refractivity contribution is 6.17. The van der Waals surface area contributed by atoms with Crippen molar-refractivity contribution in [1.82, 2.24) is 0 Å². The number of methoxy groups -OCH3 is 1. The van der Waals surface area contributed by atoms with Gasteiger partial charge in [0, 0.05) is 5.88 Å². The number of esters is 1. The molecule has 15 heavy (non-hydrogen) atoms. The Kier molecular flexibility index (Phi) is 4.15. The Labute approximate surface area is 95.2 Å². The third-order valence-electron chi connectivity index (χ3n) is 2.50. The zero-order valence-electron chi connectivity index (χ0n) is 9.26. The van der Waals surface area contributed by atoms with Crippen LogP contribution in [0, 0.1) is 13.8 Å². The normalized spacial score (nSPS) is 10.1.